The summed E-state index contributed by atoms with van der Waals surface area (Å²) in [6, 6.07) is 8.47. The van der Waals surface area contributed by atoms with Gasteiger partial charge in [0.15, 0.2) is 0 Å². The number of anilines is 2. The van der Waals surface area contributed by atoms with Gasteiger partial charge in [-0.3, -0.25) is 4.79 Å². The first-order valence-electron chi connectivity index (χ1n) is 8.12. The molecule has 1 atom stereocenters. The molecule has 1 aromatic heterocycles. The lowest BCUT2D eigenvalue weighted by Gasteiger charge is -2.12. The monoisotopic (exact) mass is 361 g/mol. The van der Waals surface area contributed by atoms with Crippen molar-refractivity contribution in [2.45, 2.75) is 18.9 Å². The van der Waals surface area contributed by atoms with Crippen LogP contribution >= 0.6 is 11.6 Å². The fraction of sp³-hybridized carbons (Fsp3) is 0.333. The predicted molar refractivity (Wildman–Crippen MR) is 97.7 cm³/mol. The lowest BCUT2D eigenvalue weighted by atomic mass is 10.2. The fourth-order valence-corrected chi connectivity index (χ4v) is 2.90. The number of carbonyl (C=O) groups is 1. The number of nitrogens with one attached hydrogen (secondary N) is 2. The second kappa shape index (κ2) is 8.18. The summed E-state index contributed by atoms with van der Waals surface area (Å²) in [5.41, 5.74) is 1.11. The molecule has 132 valence electrons. The Kier molecular flexibility index (Phi) is 5.73. The van der Waals surface area contributed by atoms with Gasteiger partial charge in [0.2, 0.25) is 0 Å². The van der Waals surface area contributed by atoms with Crippen molar-refractivity contribution in [1.29, 1.82) is 0 Å². The Balaban J connectivity index is 1.63. The third-order valence-corrected chi connectivity index (χ3v) is 4.26. The maximum Gasteiger partial charge on any atom is 0.255 e. The molecular formula is C18H20ClN3O3. The van der Waals surface area contributed by atoms with Crippen LogP contribution in [-0.4, -0.2) is 37.3 Å². The molecule has 2 N–H and O–H groups in total. The molecule has 0 bridgehead atoms. The average molecular weight is 362 g/mol. The van der Waals surface area contributed by atoms with Crippen LogP contribution in [0.3, 0.4) is 0 Å². The Morgan fingerprint density at radius 2 is 2.28 bits per heavy atom. The van der Waals surface area contributed by atoms with Gasteiger partial charge in [-0.1, -0.05) is 11.6 Å². The quantitative estimate of drug-likeness (QED) is 0.822. The summed E-state index contributed by atoms with van der Waals surface area (Å²) in [5.74, 6) is 0.976. The summed E-state index contributed by atoms with van der Waals surface area (Å²) in [5, 5.41) is 6.47. The molecule has 1 aliphatic heterocycles. The van der Waals surface area contributed by atoms with E-state index in [1.807, 2.05) is 0 Å². The normalized spacial score (nSPS) is 16.5. The van der Waals surface area contributed by atoms with Crippen molar-refractivity contribution in [1.82, 2.24) is 4.98 Å². The van der Waals surface area contributed by atoms with Gasteiger partial charge in [0.25, 0.3) is 5.91 Å². The average Bonchev–Trinajstić information content (AvgIpc) is 3.14. The lowest BCUT2D eigenvalue weighted by molar-refractivity contribution is 0.102. The van der Waals surface area contributed by atoms with Crippen LogP contribution in [0.4, 0.5) is 11.5 Å². The summed E-state index contributed by atoms with van der Waals surface area (Å²) in [7, 11) is 1.54. The zero-order valence-electron chi connectivity index (χ0n) is 13.9. The van der Waals surface area contributed by atoms with E-state index >= 15 is 0 Å². The number of aromatic nitrogens is 1. The maximum atomic E-state index is 12.4. The molecule has 7 heteroatoms. The molecule has 1 aromatic carbocycles. The van der Waals surface area contributed by atoms with Crippen LogP contribution in [-0.2, 0) is 4.74 Å². The van der Waals surface area contributed by atoms with Crippen LogP contribution in [0.15, 0.2) is 36.5 Å². The minimum absolute atomic E-state index is 0.209. The van der Waals surface area contributed by atoms with Crippen molar-refractivity contribution in [2.24, 2.45) is 0 Å². The highest BCUT2D eigenvalue weighted by atomic mass is 35.5. The molecule has 1 saturated heterocycles. The second-order valence-electron chi connectivity index (χ2n) is 5.75. The van der Waals surface area contributed by atoms with E-state index in [0.717, 1.165) is 19.4 Å². The first-order valence-corrected chi connectivity index (χ1v) is 8.50. The molecule has 2 heterocycles. The van der Waals surface area contributed by atoms with Gasteiger partial charge in [-0.2, -0.15) is 0 Å². The van der Waals surface area contributed by atoms with Crippen molar-refractivity contribution in [2.75, 3.05) is 30.9 Å². The molecule has 0 radical (unpaired) electrons. The van der Waals surface area contributed by atoms with Gasteiger partial charge in [0, 0.05) is 30.6 Å². The maximum absolute atomic E-state index is 12.4. The van der Waals surface area contributed by atoms with E-state index in [4.69, 9.17) is 21.1 Å². The summed E-state index contributed by atoms with van der Waals surface area (Å²) in [6.07, 6.45) is 3.95. The number of methoxy groups -OCH3 is 1. The molecule has 1 amide bonds. The number of hydrogen-bond acceptors (Lipinski definition) is 5. The van der Waals surface area contributed by atoms with Gasteiger partial charge < -0.3 is 20.1 Å². The van der Waals surface area contributed by atoms with Crippen molar-refractivity contribution >= 4 is 29.0 Å². The summed E-state index contributed by atoms with van der Waals surface area (Å²) in [4.78, 5) is 16.7. The Morgan fingerprint density at radius 1 is 1.40 bits per heavy atom. The molecule has 1 fully saturated rings. The van der Waals surface area contributed by atoms with Crippen molar-refractivity contribution in [3.63, 3.8) is 0 Å². The van der Waals surface area contributed by atoms with E-state index in [0.29, 0.717) is 34.4 Å². The molecule has 0 spiro atoms. The highest BCUT2D eigenvalue weighted by Gasteiger charge is 2.15. The Bertz CT molecular complexity index is 748. The standard InChI is InChI=1S/C18H20ClN3O3/c1-24-16-5-4-13(10-15(16)19)22-18(23)12-6-7-20-17(9-12)21-11-14-3-2-8-25-14/h4-7,9-10,14H,2-3,8,11H2,1H3,(H,20,21)(H,22,23). The minimum Gasteiger partial charge on any atom is -0.495 e. The van der Waals surface area contributed by atoms with Crippen molar-refractivity contribution < 1.29 is 14.3 Å². The molecule has 3 rings (SSSR count). The number of amides is 1. The molecule has 0 saturated carbocycles. The summed E-state index contributed by atoms with van der Waals surface area (Å²) >= 11 is 6.08. The first kappa shape index (κ1) is 17.5. The zero-order chi connectivity index (χ0) is 17.6. The number of benzene rings is 1. The molecule has 25 heavy (non-hydrogen) atoms. The van der Waals surface area contributed by atoms with Gasteiger partial charge in [0.1, 0.15) is 11.6 Å². The zero-order valence-corrected chi connectivity index (χ0v) is 14.7. The SMILES string of the molecule is COc1ccc(NC(=O)c2ccnc(NCC3CCCO3)c2)cc1Cl. The van der Waals surface area contributed by atoms with Gasteiger partial charge >= 0.3 is 0 Å². The molecule has 6 nitrogen and oxygen atoms in total. The third-order valence-electron chi connectivity index (χ3n) is 3.97. The Morgan fingerprint density at radius 3 is 3.00 bits per heavy atom. The largest absolute Gasteiger partial charge is 0.495 e. The van der Waals surface area contributed by atoms with E-state index in [-0.39, 0.29) is 12.0 Å². The summed E-state index contributed by atoms with van der Waals surface area (Å²) in [6.45, 7) is 1.50. The number of ether oxygens (including phenoxy) is 2. The number of rotatable bonds is 6. The van der Waals surface area contributed by atoms with Crippen LogP contribution < -0.4 is 15.4 Å². The molecule has 0 aliphatic carbocycles. The fourth-order valence-electron chi connectivity index (χ4n) is 2.64. The smallest absolute Gasteiger partial charge is 0.255 e. The number of pyridine rings is 1. The van der Waals surface area contributed by atoms with Crippen molar-refractivity contribution in [3.8, 4) is 5.75 Å². The minimum atomic E-state index is -0.233. The number of nitrogens with zero attached hydrogens (tertiary/aromatic N) is 1. The van der Waals surface area contributed by atoms with Crippen LogP contribution in [0, 0.1) is 0 Å². The lowest BCUT2D eigenvalue weighted by Crippen LogP contribution is -2.19. The van der Waals surface area contributed by atoms with E-state index in [9.17, 15) is 4.79 Å². The molecule has 1 aliphatic rings. The number of hydrogen-bond donors (Lipinski definition) is 2. The van der Waals surface area contributed by atoms with E-state index in [2.05, 4.69) is 15.6 Å². The Labute approximate surface area is 151 Å². The molecule has 1 unspecified atom stereocenters. The highest BCUT2D eigenvalue weighted by Crippen LogP contribution is 2.27. The number of carbonyl (C=O) groups excluding carboxylic acids is 1. The van der Waals surface area contributed by atoms with Gasteiger partial charge in [-0.05, 0) is 43.2 Å². The van der Waals surface area contributed by atoms with Crippen LogP contribution in [0.2, 0.25) is 5.02 Å². The molecular weight excluding hydrogens is 342 g/mol. The Hall–Kier alpha value is -2.31. The van der Waals surface area contributed by atoms with E-state index in [1.165, 1.54) is 0 Å². The predicted octanol–water partition coefficient (Wildman–Crippen LogP) is 3.59. The van der Waals surface area contributed by atoms with Crippen molar-refractivity contribution in [3.05, 3.63) is 47.1 Å². The molecule has 2 aromatic rings. The van der Waals surface area contributed by atoms with Crippen LogP contribution in [0.25, 0.3) is 0 Å². The van der Waals surface area contributed by atoms with Crippen LogP contribution in [0.5, 0.6) is 5.75 Å². The highest BCUT2D eigenvalue weighted by molar-refractivity contribution is 6.32. The van der Waals surface area contributed by atoms with E-state index in [1.54, 1.807) is 43.6 Å². The topological polar surface area (TPSA) is 72.5 Å². The van der Waals surface area contributed by atoms with Gasteiger partial charge in [0.05, 0.1) is 18.2 Å². The summed E-state index contributed by atoms with van der Waals surface area (Å²) < 4.78 is 10.7. The third kappa shape index (κ3) is 4.61. The number of halogens is 1. The van der Waals surface area contributed by atoms with Crippen LogP contribution in [0.1, 0.15) is 23.2 Å². The first-order chi connectivity index (χ1) is 12.2. The van der Waals surface area contributed by atoms with Gasteiger partial charge in [-0.15, -0.1) is 0 Å². The van der Waals surface area contributed by atoms with E-state index < -0.39 is 0 Å². The second-order valence-corrected chi connectivity index (χ2v) is 6.16. The van der Waals surface area contributed by atoms with Gasteiger partial charge in [-0.25, -0.2) is 4.98 Å².